The molecule has 1 fully saturated rings. The lowest BCUT2D eigenvalue weighted by Crippen LogP contribution is -2.68. The highest BCUT2D eigenvalue weighted by atomic mass is 16.2. The van der Waals surface area contributed by atoms with Crippen LogP contribution in [0.25, 0.3) is 10.8 Å². The maximum Gasteiger partial charge on any atom is 0.335 e. The largest absolute Gasteiger partial charge is 0.373 e. The molecule has 6 nitrogen and oxygen atoms in total. The van der Waals surface area contributed by atoms with Gasteiger partial charge in [0.05, 0.1) is 5.69 Å². The summed E-state index contributed by atoms with van der Waals surface area (Å²) in [4.78, 5) is 42.5. The monoisotopic (exact) mass is 399 g/mol. The van der Waals surface area contributed by atoms with E-state index in [0.717, 1.165) is 32.5 Å². The molecule has 0 aliphatic carbocycles. The van der Waals surface area contributed by atoms with Gasteiger partial charge in [0.1, 0.15) is 0 Å². The molecule has 5 rings (SSSR count). The maximum absolute atomic E-state index is 13.7. The van der Waals surface area contributed by atoms with E-state index in [0.29, 0.717) is 5.69 Å². The number of amides is 4. The quantitative estimate of drug-likeness (QED) is 0.637. The van der Waals surface area contributed by atoms with E-state index in [1.807, 2.05) is 67.4 Å². The summed E-state index contributed by atoms with van der Waals surface area (Å²) in [6, 6.07) is 18.5. The summed E-state index contributed by atoms with van der Waals surface area (Å²) in [6.45, 7) is 2.14. The number of anilines is 2. The number of barbiturate groups is 1. The Balaban J connectivity index is 1.65. The van der Waals surface area contributed by atoms with Crippen LogP contribution in [-0.2, 0) is 16.0 Å². The molecule has 30 heavy (non-hydrogen) atoms. The lowest BCUT2D eigenvalue weighted by atomic mass is 9.73. The molecule has 2 aliphatic rings. The van der Waals surface area contributed by atoms with Crippen LogP contribution in [0.1, 0.15) is 11.1 Å². The average Bonchev–Trinajstić information content (AvgIpc) is 2.74. The number of hydrogen-bond donors (Lipinski definition) is 1. The van der Waals surface area contributed by atoms with Crippen LogP contribution < -0.4 is 15.1 Å². The first-order valence-corrected chi connectivity index (χ1v) is 9.89. The van der Waals surface area contributed by atoms with E-state index in [-0.39, 0.29) is 13.0 Å². The molecule has 3 aromatic carbocycles. The van der Waals surface area contributed by atoms with Crippen LogP contribution in [0, 0.1) is 12.3 Å². The van der Waals surface area contributed by atoms with Gasteiger partial charge in [-0.1, -0.05) is 48.0 Å². The summed E-state index contributed by atoms with van der Waals surface area (Å²) in [5.41, 5.74) is 2.06. The van der Waals surface area contributed by atoms with Crippen molar-refractivity contribution < 1.29 is 14.4 Å². The second-order valence-corrected chi connectivity index (χ2v) is 8.13. The van der Waals surface area contributed by atoms with Crippen LogP contribution >= 0.6 is 0 Å². The molecule has 2 heterocycles. The van der Waals surface area contributed by atoms with E-state index >= 15 is 0 Å². The van der Waals surface area contributed by atoms with Gasteiger partial charge in [0.25, 0.3) is 5.91 Å². The lowest BCUT2D eigenvalue weighted by Gasteiger charge is -2.45. The Bertz CT molecular complexity index is 1220. The maximum atomic E-state index is 13.7. The summed E-state index contributed by atoms with van der Waals surface area (Å²) < 4.78 is 0. The van der Waals surface area contributed by atoms with Crippen LogP contribution in [0.15, 0.2) is 60.7 Å². The van der Waals surface area contributed by atoms with Gasteiger partial charge in [0.15, 0.2) is 5.41 Å². The Kier molecular flexibility index (Phi) is 3.93. The fourth-order valence-electron chi connectivity index (χ4n) is 4.62. The first kappa shape index (κ1) is 18.4. The Morgan fingerprint density at radius 2 is 1.67 bits per heavy atom. The van der Waals surface area contributed by atoms with Crippen molar-refractivity contribution in [3.8, 4) is 0 Å². The number of imide groups is 2. The van der Waals surface area contributed by atoms with Crippen molar-refractivity contribution in [2.45, 2.75) is 13.3 Å². The standard InChI is InChI=1S/C24H21N3O3/c1-15-7-10-17(11-8-15)27-22(29)24(21(28)25-23(27)30)13-19-18-6-4-3-5-16(18)9-12-20(19)26(2)14-24/h3-12H,13-14H2,1-2H3,(H,25,28,30). The third-order valence-electron chi connectivity index (χ3n) is 6.18. The van der Waals surface area contributed by atoms with Gasteiger partial charge in [0, 0.05) is 25.7 Å². The van der Waals surface area contributed by atoms with Crippen molar-refractivity contribution in [1.82, 2.24) is 5.32 Å². The Morgan fingerprint density at radius 1 is 0.933 bits per heavy atom. The molecule has 1 unspecified atom stereocenters. The number of urea groups is 1. The van der Waals surface area contributed by atoms with Gasteiger partial charge in [-0.05, 0) is 41.5 Å². The van der Waals surface area contributed by atoms with E-state index in [4.69, 9.17) is 0 Å². The van der Waals surface area contributed by atoms with Crippen molar-refractivity contribution in [1.29, 1.82) is 0 Å². The van der Waals surface area contributed by atoms with E-state index < -0.39 is 23.3 Å². The SMILES string of the molecule is Cc1ccc(N2C(=O)NC(=O)C3(Cc4c(ccc5ccccc45)N(C)C3)C2=O)cc1. The van der Waals surface area contributed by atoms with Gasteiger partial charge in [-0.25, -0.2) is 9.69 Å². The molecule has 0 radical (unpaired) electrons. The zero-order valence-corrected chi connectivity index (χ0v) is 16.8. The summed E-state index contributed by atoms with van der Waals surface area (Å²) in [7, 11) is 1.88. The van der Waals surface area contributed by atoms with Gasteiger partial charge in [-0.3, -0.25) is 14.9 Å². The second kappa shape index (κ2) is 6.42. The van der Waals surface area contributed by atoms with Crippen molar-refractivity contribution in [3.05, 3.63) is 71.8 Å². The third-order valence-corrected chi connectivity index (χ3v) is 6.18. The molecule has 6 heteroatoms. The van der Waals surface area contributed by atoms with E-state index in [9.17, 15) is 14.4 Å². The molecular formula is C24H21N3O3. The van der Waals surface area contributed by atoms with Gasteiger partial charge in [0.2, 0.25) is 5.91 Å². The molecule has 1 atom stereocenters. The topological polar surface area (TPSA) is 69.7 Å². The fourth-order valence-corrected chi connectivity index (χ4v) is 4.62. The first-order valence-electron chi connectivity index (χ1n) is 9.89. The van der Waals surface area contributed by atoms with Crippen LogP contribution in [0.4, 0.5) is 16.2 Å². The number of aryl methyl sites for hydroxylation is 1. The number of carbonyl (C=O) groups excluding carboxylic acids is 3. The second-order valence-electron chi connectivity index (χ2n) is 8.13. The molecule has 0 aromatic heterocycles. The van der Waals surface area contributed by atoms with Gasteiger partial charge >= 0.3 is 6.03 Å². The molecule has 3 aromatic rings. The number of carbonyl (C=O) groups is 3. The van der Waals surface area contributed by atoms with E-state index in [2.05, 4.69) is 5.32 Å². The van der Waals surface area contributed by atoms with Gasteiger partial charge < -0.3 is 4.90 Å². The molecular weight excluding hydrogens is 378 g/mol. The van der Waals surface area contributed by atoms with E-state index in [1.165, 1.54) is 0 Å². The number of benzene rings is 3. The highest BCUT2D eigenvalue weighted by Crippen LogP contribution is 2.42. The van der Waals surface area contributed by atoms with Crippen LogP contribution in [0.5, 0.6) is 0 Å². The van der Waals surface area contributed by atoms with Gasteiger partial charge in [-0.2, -0.15) is 0 Å². The van der Waals surface area contributed by atoms with Crippen molar-refractivity contribution in [2.75, 3.05) is 23.4 Å². The molecule has 1 N–H and O–H groups in total. The highest BCUT2D eigenvalue weighted by Gasteiger charge is 2.56. The molecule has 0 saturated carbocycles. The number of fused-ring (bicyclic) bond motifs is 3. The minimum absolute atomic E-state index is 0.207. The van der Waals surface area contributed by atoms with Gasteiger partial charge in [-0.15, -0.1) is 0 Å². The molecule has 150 valence electrons. The third kappa shape index (κ3) is 2.53. The van der Waals surface area contributed by atoms with Crippen molar-refractivity contribution >= 4 is 40.0 Å². The van der Waals surface area contributed by atoms with Crippen molar-refractivity contribution in [2.24, 2.45) is 5.41 Å². The Morgan fingerprint density at radius 3 is 2.43 bits per heavy atom. The minimum atomic E-state index is -1.37. The van der Waals surface area contributed by atoms with Crippen LogP contribution in [0.3, 0.4) is 0 Å². The summed E-state index contributed by atoms with van der Waals surface area (Å²) in [5.74, 6) is -1.02. The molecule has 1 spiro atoms. The Labute approximate surface area is 174 Å². The number of nitrogens with one attached hydrogen (secondary N) is 1. The normalized spacial score (nSPS) is 21.2. The molecule has 2 aliphatic heterocycles. The van der Waals surface area contributed by atoms with Crippen molar-refractivity contribution in [3.63, 3.8) is 0 Å². The number of rotatable bonds is 1. The highest BCUT2D eigenvalue weighted by molar-refractivity contribution is 6.30. The molecule has 4 amide bonds. The summed E-state index contributed by atoms with van der Waals surface area (Å²) in [5, 5.41) is 4.50. The fraction of sp³-hybridized carbons (Fsp3) is 0.208. The first-order chi connectivity index (χ1) is 14.4. The zero-order chi connectivity index (χ0) is 21.0. The number of hydrogen-bond acceptors (Lipinski definition) is 4. The summed E-state index contributed by atoms with van der Waals surface area (Å²) >= 11 is 0. The lowest BCUT2D eigenvalue weighted by molar-refractivity contribution is -0.142. The number of nitrogens with zero attached hydrogens (tertiary/aromatic N) is 2. The van der Waals surface area contributed by atoms with Crippen LogP contribution in [-0.4, -0.2) is 31.4 Å². The average molecular weight is 399 g/mol. The summed E-state index contributed by atoms with van der Waals surface area (Å²) in [6.07, 6.45) is 0.244. The minimum Gasteiger partial charge on any atom is -0.373 e. The molecule has 0 bridgehead atoms. The molecule has 1 saturated heterocycles. The Hall–Kier alpha value is -3.67. The van der Waals surface area contributed by atoms with E-state index in [1.54, 1.807) is 12.1 Å². The zero-order valence-electron chi connectivity index (χ0n) is 16.8. The smallest absolute Gasteiger partial charge is 0.335 e. The van der Waals surface area contributed by atoms with Crippen LogP contribution in [0.2, 0.25) is 0 Å². The predicted molar refractivity (Wildman–Crippen MR) is 116 cm³/mol. The predicted octanol–water partition coefficient (Wildman–Crippen LogP) is 3.41.